The van der Waals surface area contributed by atoms with Gasteiger partial charge in [-0.05, 0) is 46.1 Å². The van der Waals surface area contributed by atoms with Crippen LogP contribution in [0, 0.1) is 5.92 Å². The average molecular weight is 358 g/mol. The molecule has 8 heteroatoms. The molecule has 26 heavy (non-hydrogen) atoms. The maximum Gasteiger partial charge on any atom is 0.317 e. The first kappa shape index (κ1) is 17.1. The quantitative estimate of drug-likeness (QED) is 0.906. The molecule has 1 N–H and O–H groups in total. The Balaban J connectivity index is 1.34. The van der Waals surface area contributed by atoms with E-state index in [1.807, 2.05) is 37.8 Å². The molecule has 0 aromatic carbocycles. The third-order valence-corrected chi connectivity index (χ3v) is 4.73. The van der Waals surface area contributed by atoms with Crippen molar-refractivity contribution in [3.63, 3.8) is 0 Å². The number of carbonyl (C=O) groups excluding carboxylic acids is 1. The van der Waals surface area contributed by atoms with Crippen LogP contribution in [0.25, 0.3) is 5.65 Å². The Morgan fingerprint density at radius 3 is 2.81 bits per heavy atom. The zero-order valence-corrected chi connectivity index (χ0v) is 15.6. The molecular weight excluding hydrogens is 332 g/mol. The van der Waals surface area contributed by atoms with Gasteiger partial charge in [-0.15, -0.1) is 15.3 Å². The number of nitrogens with zero attached hydrogens (tertiary/aromatic N) is 5. The minimum atomic E-state index is -0.219. The first-order chi connectivity index (χ1) is 12.4. The number of hydrogen-bond acceptors (Lipinski definition) is 5. The van der Waals surface area contributed by atoms with E-state index < -0.39 is 0 Å². The van der Waals surface area contributed by atoms with Crippen molar-refractivity contribution in [3.05, 3.63) is 18.0 Å². The second-order valence-electron chi connectivity index (χ2n) is 8.37. The van der Waals surface area contributed by atoms with E-state index in [4.69, 9.17) is 4.74 Å². The normalized spacial score (nSPS) is 20.6. The Labute approximate surface area is 152 Å². The summed E-state index contributed by atoms with van der Waals surface area (Å²) >= 11 is 0. The molecule has 2 fully saturated rings. The number of nitrogens with one attached hydrogen (secondary N) is 1. The lowest BCUT2D eigenvalue weighted by Gasteiger charge is -2.25. The lowest BCUT2D eigenvalue weighted by Crippen LogP contribution is -2.47. The van der Waals surface area contributed by atoms with Gasteiger partial charge in [0, 0.05) is 36.5 Å². The lowest BCUT2D eigenvalue weighted by atomic mass is 10.1. The Kier molecular flexibility index (Phi) is 4.20. The molecule has 1 saturated heterocycles. The molecule has 2 aromatic rings. The van der Waals surface area contributed by atoms with Gasteiger partial charge < -0.3 is 15.0 Å². The van der Waals surface area contributed by atoms with E-state index in [9.17, 15) is 4.79 Å². The summed E-state index contributed by atoms with van der Waals surface area (Å²) in [6, 6.07) is 3.72. The molecule has 1 aliphatic carbocycles. The van der Waals surface area contributed by atoms with Crippen molar-refractivity contribution in [2.24, 2.45) is 5.92 Å². The van der Waals surface area contributed by atoms with E-state index in [-0.39, 0.29) is 11.6 Å². The fourth-order valence-corrected chi connectivity index (χ4v) is 3.22. The number of aromatic nitrogens is 4. The van der Waals surface area contributed by atoms with Gasteiger partial charge in [0.1, 0.15) is 0 Å². The van der Waals surface area contributed by atoms with Crippen molar-refractivity contribution in [2.75, 3.05) is 19.7 Å². The standard InChI is InChI=1S/C18H26N6O2/c1-18(2,3)19-17(25)23-9-8-12(10-23)11-26-15-7-6-14-20-21-16(13-4-5-13)24(14)22-15/h6-7,12-13H,4-5,8-11H2,1-3H3,(H,19,25). The summed E-state index contributed by atoms with van der Waals surface area (Å²) in [4.78, 5) is 14.1. The summed E-state index contributed by atoms with van der Waals surface area (Å²) < 4.78 is 7.70. The second-order valence-corrected chi connectivity index (χ2v) is 8.37. The molecule has 1 aliphatic heterocycles. The predicted molar refractivity (Wildman–Crippen MR) is 96.2 cm³/mol. The third kappa shape index (κ3) is 3.73. The minimum absolute atomic E-state index is 0.00175. The molecule has 2 aromatic heterocycles. The highest BCUT2D eigenvalue weighted by atomic mass is 16.5. The Morgan fingerprint density at radius 2 is 2.08 bits per heavy atom. The topological polar surface area (TPSA) is 84.7 Å². The smallest absolute Gasteiger partial charge is 0.317 e. The van der Waals surface area contributed by atoms with E-state index in [0.29, 0.717) is 30.9 Å². The molecule has 0 bridgehead atoms. The molecule has 1 atom stereocenters. The minimum Gasteiger partial charge on any atom is -0.476 e. The monoisotopic (exact) mass is 358 g/mol. The number of urea groups is 1. The van der Waals surface area contributed by atoms with Gasteiger partial charge in [0.05, 0.1) is 6.61 Å². The molecule has 0 radical (unpaired) electrons. The molecular formula is C18H26N6O2. The zero-order chi connectivity index (χ0) is 18.3. The third-order valence-electron chi connectivity index (χ3n) is 4.73. The Hall–Kier alpha value is -2.38. The van der Waals surface area contributed by atoms with Gasteiger partial charge in [0.2, 0.25) is 5.88 Å². The molecule has 3 heterocycles. The van der Waals surface area contributed by atoms with Crippen LogP contribution < -0.4 is 10.1 Å². The average Bonchev–Trinajstić information content (AvgIpc) is 3.16. The summed E-state index contributed by atoms with van der Waals surface area (Å²) in [5.41, 5.74) is 0.536. The number of carbonyl (C=O) groups is 1. The Morgan fingerprint density at radius 1 is 1.27 bits per heavy atom. The summed E-state index contributed by atoms with van der Waals surface area (Å²) in [5.74, 6) is 2.31. The second kappa shape index (κ2) is 6.41. The molecule has 0 spiro atoms. The summed E-state index contributed by atoms with van der Waals surface area (Å²) in [6.45, 7) is 8.00. The molecule has 1 unspecified atom stereocenters. The number of rotatable bonds is 4. The van der Waals surface area contributed by atoms with Gasteiger partial charge in [-0.3, -0.25) is 0 Å². The van der Waals surface area contributed by atoms with Gasteiger partial charge in [0.25, 0.3) is 0 Å². The fraction of sp³-hybridized carbons (Fsp3) is 0.667. The highest BCUT2D eigenvalue weighted by molar-refractivity contribution is 5.75. The van der Waals surface area contributed by atoms with Crippen LogP contribution in [0.1, 0.15) is 51.8 Å². The summed E-state index contributed by atoms with van der Waals surface area (Å²) in [6.07, 6.45) is 3.25. The first-order valence-corrected chi connectivity index (χ1v) is 9.31. The zero-order valence-electron chi connectivity index (χ0n) is 15.6. The number of amides is 2. The van der Waals surface area contributed by atoms with Crippen LogP contribution in [0.3, 0.4) is 0 Å². The number of likely N-dealkylation sites (tertiary alicyclic amines) is 1. The van der Waals surface area contributed by atoms with Crippen molar-refractivity contribution in [2.45, 2.75) is 51.5 Å². The molecule has 4 rings (SSSR count). The van der Waals surface area contributed by atoms with Crippen molar-refractivity contribution in [1.29, 1.82) is 0 Å². The Bertz CT molecular complexity index is 808. The van der Waals surface area contributed by atoms with Gasteiger partial charge in [-0.25, -0.2) is 4.79 Å². The van der Waals surface area contributed by atoms with E-state index >= 15 is 0 Å². The maximum absolute atomic E-state index is 12.2. The maximum atomic E-state index is 12.2. The van der Waals surface area contributed by atoms with Crippen LogP contribution in [0.4, 0.5) is 4.79 Å². The van der Waals surface area contributed by atoms with Crippen molar-refractivity contribution >= 4 is 11.7 Å². The van der Waals surface area contributed by atoms with Gasteiger partial charge in [0.15, 0.2) is 11.5 Å². The molecule has 1 saturated carbocycles. The molecule has 8 nitrogen and oxygen atoms in total. The summed E-state index contributed by atoms with van der Waals surface area (Å²) in [7, 11) is 0. The van der Waals surface area contributed by atoms with Crippen LogP contribution >= 0.6 is 0 Å². The largest absolute Gasteiger partial charge is 0.476 e. The highest BCUT2D eigenvalue weighted by Gasteiger charge is 2.30. The number of hydrogen-bond donors (Lipinski definition) is 1. The van der Waals surface area contributed by atoms with E-state index in [1.165, 1.54) is 0 Å². The molecule has 2 aliphatic rings. The van der Waals surface area contributed by atoms with Crippen LogP contribution in [-0.2, 0) is 0 Å². The lowest BCUT2D eigenvalue weighted by molar-refractivity contribution is 0.192. The first-order valence-electron chi connectivity index (χ1n) is 9.31. The van der Waals surface area contributed by atoms with Crippen LogP contribution in [0.2, 0.25) is 0 Å². The van der Waals surface area contributed by atoms with Gasteiger partial charge >= 0.3 is 6.03 Å². The van der Waals surface area contributed by atoms with E-state index in [1.54, 1.807) is 4.52 Å². The van der Waals surface area contributed by atoms with Crippen molar-refractivity contribution in [3.8, 4) is 5.88 Å². The highest BCUT2D eigenvalue weighted by Crippen LogP contribution is 2.38. The fourth-order valence-electron chi connectivity index (χ4n) is 3.22. The summed E-state index contributed by atoms with van der Waals surface area (Å²) in [5, 5.41) is 15.9. The van der Waals surface area contributed by atoms with Crippen LogP contribution in [-0.4, -0.2) is 56.0 Å². The number of fused-ring (bicyclic) bond motifs is 1. The SMILES string of the molecule is CC(C)(C)NC(=O)N1CCC(COc2ccc3nnc(C4CC4)n3n2)C1. The number of ether oxygens (including phenoxy) is 1. The molecule has 140 valence electrons. The van der Waals surface area contributed by atoms with Gasteiger partial charge in [-0.1, -0.05) is 0 Å². The van der Waals surface area contributed by atoms with E-state index in [0.717, 1.165) is 37.3 Å². The molecule has 2 amide bonds. The van der Waals surface area contributed by atoms with Crippen LogP contribution in [0.5, 0.6) is 5.88 Å². The van der Waals surface area contributed by atoms with Gasteiger partial charge in [-0.2, -0.15) is 4.52 Å². The van der Waals surface area contributed by atoms with Crippen molar-refractivity contribution < 1.29 is 9.53 Å². The van der Waals surface area contributed by atoms with Crippen molar-refractivity contribution in [1.82, 2.24) is 30.0 Å². The van der Waals surface area contributed by atoms with Crippen LogP contribution in [0.15, 0.2) is 12.1 Å². The van der Waals surface area contributed by atoms with E-state index in [2.05, 4.69) is 20.6 Å². The predicted octanol–water partition coefficient (Wildman–Crippen LogP) is 2.21.